The van der Waals surface area contributed by atoms with Gasteiger partial charge < -0.3 is 9.47 Å². The summed E-state index contributed by atoms with van der Waals surface area (Å²) in [6, 6.07) is 6.74. The van der Waals surface area contributed by atoms with Crippen molar-refractivity contribution in [2.75, 3.05) is 14.2 Å². The number of esters is 1. The maximum atomic E-state index is 11.0. The molecule has 0 aliphatic rings. The van der Waals surface area contributed by atoms with Crippen LogP contribution >= 0.6 is 0 Å². The standard InChI is InChI=1S/C9H10O3/c1-11-8-5-3-7(4-6-8)9(10)12-2/h3-6H,1-2H3/i3+1,4+1,5+1,6+1,7+1,8+1,9+1. The minimum atomic E-state index is -0.336. The van der Waals surface area contributed by atoms with Crippen LogP contribution in [-0.2, 0) is 4.74 Å². The highest BCUT2D eigenvalue weighted by molar-refractivity contribution is 5.89. The van der Waals surface area contributed by atoms with Crippen molar-refractivity contribution >= 4 is 5.97 Å². The molecule has 0 unspecified atom stereocenters. The molecule has 0 atom stereocenters. The topological polar surface area (TPSA) is 35.5 Å². The summed E-state index contributed by atoms with van der Waals surface area (Å²) in [5.41, 5.74) is 0.526. The van der Waals surface area contributed by atoms with Crippen LogP contribution in [0.2, 0.25) is 0 Å². The number of hydrogen-bond donors (Lipinski definition) is 0. The van der Waals surface area contributed by atoms with E-state index in [1.54, 1.807) is 31.4 Å². The summed E-state index contributed by atoms with van der Waals surface area (Å²) in [6.45, 7) is 0. The molecule has 0 fully saturated rings. The van der Waals surface area contributed by atoms with Gasteiger partial charge in [0.2, 0.25) is 0 Å². The van der Waals surface area contributed by atoms with Gasteiger partial charge in [-0.05, 0) is 24.3 Å². The van der Waals surface area contributed by atoms with E-state index in [4.69, 9.17) is 4.74 Å². The Morgan fingerprint density at radius 2 is 1.75 bits per heavy atom. The zero-order valence-electron chi connectivity index (χ0n) is 7.03. The van der Waals surface area contributed by atoms with E-state index in [1.807, 2.05) is 0 Å². The lowest BCUT2D eigenvalue weighted by Gasteiger charge is -2.00. The van der Waals surface area contributed by atoms with E-state index < -0.39 is 0 Å². The van der Waals surface area contributed by atoms with Crippen molar-refractivity contribution in [3.05, 3.63) is 29.8 Å². The molecule has 0 saturated carbocycles. The Balaban J connectivity index is 2.84. The van der Waals surface area contributed by atoms with Gasteiger partial charge in [0.15, 0.2) is 0 Å². The van der Waals surface area contributed by atoms with E-state index in [1.165, 1.54) is 7.11 Å². The van der Waals surface area contributed by atoms with Gasteiger partial charge in [-0.2, -0.15) is 0 Å². The summed E-state index contributed by atoms with van der Waals surface area (Å²) in [6.07, 6.45) is 0. The molecule has 0 aliphatic heterocycles. The van der Waals surface area contributed by atoms with Crippen LogP contribution in [0.5, 0.6) is 5.75 Å². The van der Waals surface area contributed by atoms with Crippen molar-refractivity contribution in [2.45, 2.75) is 0 Å². The third kappa shape index (κ3) is 1.75. The Morgan fingerprint density at radius 1 is 1.17 bits per heavy atom. The van der Waals surface area contributed by atoms with Gasteiger partial charge in [0, 0.05) is 0 Å². The molecule has 12 heavy (non-hydrogen) atoms. The molecule has 0 spiro atoms. The summed E-state index contributed by atoms with van der Waals surface area (Å²) >= 11 is 0. The van der Waals surface area contributed by atoms with Gasteiger partial charge in [-0.3, -0.25) is 0 Å². The quantitative estimate of drug-likeness (QED) is 0.502. The normalized spacial score (nSPS) is 9.17. The molecule has 0 radical (unpaired) electrons. The maximum absolute atomic E-state index is 11.0. The average molecular weight is 173 g/mol. The lowest BCUT2D eigenvalue weighted by atomic mass is 11.2. The molecule has 1 aromatic rings. The largest absolute Gasteiger partial charge is 0.497 e. The van der Waals surface area contributed by atoms with E-state index in [2.05, 4.69) is 4.74 Å². The monoisotopic (exact) mass is 173 g/mol. The molecule has 0 N–H and O–H groups in total. The highest BCUT2D eigenvalue weighted by atomic mass is 16.6. The fraction of sp³-hybridized carbons (Fsp3) is 0.222. The Kier molecular flexibility index (Phi) is 2.69. The van der Waals surface area contributed by atoms with Crippen molar-refractivity contribution in [2.24, 2.45) is 0 Å². The number of benzene rings is 1. The predicted octanol–water partition coefficient (Wildman–Crippen LogP) is 1.48. The minimum absolute atomic E-state index is 0.336. The van der Waals surface area contributed by atoms with Crippen molar-refractivity contribution < 1.29 is 14.3 Å². The fourth-order valence-electron chi connectivity index (χ4n) is 0.845. The number of methoxy groups -OCH3 is 2. The molecule has 1 aromatic carbocycles. The summed E-state index contributed by atoms with van der Waals surface area (Å²) in [5.74, 6) is 0.389. The Morgan fingerprint density at radius 3 is 2.17 bits per heavy atom. The third-order valence-corrected chi connectivity index (χ3v) is 1.51. The zero-order chi connectivity index (χ0) is 8.97. The number of ether oxygens (including phenoxy) is 2. The lowest BCUT2D eigenvalue weighted by Crippen LogP contribution is -2.00. The van der Waals surface area contributed by atoms with E-state index >= 15 is 0 Å². The molecular weight excluding hydrogens is 163 g/mol. The molecule has 3 heteroatoms. The SMILES string of the molecule is CO[13C](=O)[13c]1[13cH][13cH][13c](OC)[13cH][13cH]1. The maximum Gasteiger partial charge on any atom is 0.337 e. The molecule has 64 valence electrons. The van der Waals surface area contributed by atoms with Crippen molar-refractivity contribution in [3.63, 3.8) is 0 Å². The molecule has 3 nitrogen and oxygen atoms in total. The molecule has 0 amide bonds. The van der Waals surface area contributed by atoms with Gasteiger partial charge in [-0.1, -0.05) is 0 Å². The Bertz CT molecular complexity index is 264. The van der Waals surface area contributed by atoms with Crippen LogP contribution in [0.3, 0.4) is 0 Å². The lowest BCUT2D eigenvalue weighted by molar-refractivity contribution is 0.0600. The highest BCUT2D eigenvalue weighted by Gasteiger charge is 2.03. The molecule has 0 aliphatic carbocycles. The first kappa shape index (κ1) is 8.59. The van der Waals surface area contributed by atoms with Crippen LogP contribution in [0.1, 0.15) is 10.4 Å². The number of hydrogen-bond acceptors (Lipinski definition) is 3. The first-order chi connectivity index (χ1) is 5.77. The van der Waals surface area contributed by atoms with Crippen molar-refractivity contribution in [1.29, 1.82) is 0 Å². The second-order valence-electron chi connectivity index (χ2n) is 2.22. The van der Waals surface area contributed by atoms with Gasteiger partial charge in [0.1, 0.15) is 5.75 Å². The molecule has 0 saturated heterocycles. The average Bonchev–Trinajstić information content (AvgIpc) is 2.17. The second kappa shape index (κ2) is 3.76. The number of carbonyl (C=O) groups excluding carboxylic acids is 1. The highest BCUT2D eigenvalue weighted by Crippen LogP contribution is 2.11. The van der Waals surface area contributed by atoms with Crippen LogP contribution < -0.4 is 4.74 Å². The van der Waals surface area contributed by atoms with Crippen LogP contribution in [0.15, 0.2) is 24.3 Å². The number of carbonyl (C=O) groups is 1. The van der Waals surface area contributed by atoms with Gasteiger partial charge >= 0.3 is 5.97 Å². The van der Waals surface area contributed by atoms with Gasteiger partial charge in [-0.25, -0.2) is 4.79 Å². The van der Waals surface area contributed by atoms with E-state index in [-0.39, 0.29) is 5.97 Å². The van der Waals surface area contributed by atoms with Gasteiger partial charge in [0.25, 0.3) is 0 Å². The number of rotatable bonds is 2. The zero-order valence-corrected chi connectivity index (χ0v) is 7.03. The van der Waals surface area contributed by atoms with Crippen molar-refractivity contribution in [1.82, 2.24) is 0 Å². The van der Waals surface area contributed by atoms with Crippen LogP contribution in [0, 0.1) is 0 Å². The molecule has 0 aromatic heterocycles. The smallest absolute Gasteiger partial charge is 0.337 e. The third-order valence-electron chi connectivity index (χ3n) is 1.51. The predicted molar refractivity (Wildman–Crippen MR) is 44.3 cm³/mol. The van der Waals surface area contributed by atoms with Crippen LogP contribution in [0.25, 0.3) is 0 Å². The van der Waals surface area contributed by atoms with Gasteiger partial charge in [0.05, 0.1) is 19.8 Å². The first-order valence-corrected chi connectivity index (χ1v) is 3.50. The summed E-state index contributed by atoms with van der Waals surface area (Å²) in [7, 11) is 2.93. The molecule has 1 rings (SSSR count). The summed E-state index contributed by atoms with van der Waals surface area (Å²) < 4.78 is 9.46. The second-order valence-corrected chi connectivity index (χ2v) is 2.22. The Labute approximate surface area is 70.9 Å². The van der Waals surface area contributed by atoms with Crippen molar-refractivity contribution in [3.8, 4) is 5.75 Å². The summed E-state index contributed by atoms with van der Waals surface area (Å²) in [4.78, 5) is 11.0. The fourth-order valence-corrected chi connectivity index (χ4v) is 0.845. The molecule has 0 heterocycles. The van der Waals surface area contributed by atoms with Crippen LogP contribution in [0.4, 0.5) is 0 Å². The molecule has 0 bridgehead atoms. The Hall–Kier alpha value is -1.51. The van der Waals surface area contributed by atoms with E-state index in [0.29, 0.717) is 5.56 Å². The van der Waals surface area contributed by atoms with Crippen LogP contribution in [-0.4, -0.2) is 20.2 Å². The first-order valence-electron chi connectivity index (χ1n) is 3.50. The van der Waals surface area contributed by atoms with E-state index in [0.717, 1.165) is 5.75 Å². The molecular formula is C9H10O3. The van der Waals surface area contributed by atoms with E-state index in [9.17, 15) is 4.79 Å². The minimum Gasteiger partial charge on any atom is -0.497 e. The van der Waals surface area contributed by atoms with Gasteiger partial charge in [-0.15, -0.1) is 0 Å². The summed E-state index contributed by atoms with van der Waals surface area (Å²) in [5, 5.41) is 0.